The molecule has 1 radical (unpaired) electrons. The highest BCUT2D eigenvalue weighted by Crippen LogP contribution is 2.28. The fourth-order valence-electron chi connectivity index (χ4n) is 3.24. The Kier molecular flexibility index (Phi) is 5.43. The molecule has 0 aliphatic rings. The Morgan fingerprint density at radius 1 is 0.966 bits per heavy atom. The van der Waals surface area contributed by atoms with Crippen LogP contribution < -0.4 is 4.74 Å². The third kappa shape index (κ3) is 4.37. The molecule has 2 aromatic heterocycles. The number of hydrogen-bond acceptors (Lipinski definition) is 4. The molecule has 2 aromatic carbocycles. The van der Waals surface area contributed by atoms with Gasteiger partial charge in [0.1, 0.15) is 11.5 Å². The Bertz CT molecular complexity index is 1090. The third-order valence-corrected chi connectivity index (χ3v) is 4.79. The van der Waals surface area contributed by atoms with Crippen molar-refractivity contribution in [2.24, 2.45) is 0 Å². The number of benzene rings is 2. The van der Waals surface area contributed by atoms with Crippen LogP contribution in [0.2, 0.25) is 0 Å². The van der Waals surface area contributed by atoms with Crippen molar-refractivity contribution < 1.29 is 9.15 Å². The topological polar surface area (TPSA) is 48.2 Å². The number of rotatable bonds is 6. The zero-order valence-electron chi connectivity index (χ0n) is 16.8. The summed E-state index contributed by atoms with van der Waals surface area (Å²) >= 11 is 0. The summed E-state index contributed by atoms with van der Waals surface area (Å²) in [6.45, 7) is 6.56. The van der Waals surface area contributed by atoms with E-state index in [1.165, 1.54) is 0 Å². The molecule has 4 aromatic rings. The van der Waals surface area contributed by atoms with Crippen LogP contribution in [-0.4, -0.2) is 16.6 Å². The van der Waals surface area contributed by atoms with E-state index in [0.717, 1.165) is 39.6 Å². The molecule has 0 aliphatic heterocycles. The fraction of sp³-hybridized carbons (Fsp3) is 0.200. The molecule has 1 atom stereocenters. The van der Waals surface area contributed by atoms with Crippen molar-refractivity contribution in [2.45, 2.75) is 26.7 Å². The summed E-state index contributed by atoms with van der Waals surface area (Å²) in [6.07, 6.45) is 1.80. The second-order valence-electron chi connectivity index (χ2n) is 7.16. The van der Waals surface area contributed by atoms with E-state index in [1.807, 2.05) is 74.5 Å². The molecule has 145 valence electrons. The van der Waals surface area contributed by atoms with Gasteiger partial charge >= 0.3 is 0 Å². The molecule has 0 amide bonds. The van der Waals surface area contributed by atoms with Crippen LogP contribution in [0.1, 0.15) is 29.9 Å². The molecule has 0 bridgehead atoms. The van der Waals surface area contributed by atoms with Gasteiger partial charge in [-0.25, -0.2) is 4.98 Å². The van der Waals surface area contributed by atoms with Crippen LogP contribution >= 0.6 is 0 Å². The molecule has 0 saturated carbocycles. The van der Waals surface area contributed by atoms with E-state index in [4.69, 9.17) is 14.1 Å². The second kappa shape index (κ2) is 8.31. The van der Waals surface area contributed by atoms with E-state index in [9.17, 15) is 0 Å². The molecule has 4 nitrogen and oxygen atoms in total. The average molecular weight is 383 g/mol. The van der Waals surface area contributed by atoms with Gasteiger partial charge in [-0.05, 0) is 49.7 Å². The number of pyridine rings is 1. The highest BCUT2D eigenvalue weighted by atomic mass is 16.5. The van der Waals surface area contributed by atoms with Gasteiger partial charge in [-0.3, -0.25) is 4.98 Å². The van der Waals surface area contributed by atoms with Crippen molar-refractivity contribution >= 4 is 0 Å². The molecule has 0 aliphatic carbocycles. The van der Waals surface area contributed by atoms with Crippen molar-refractivity contribution in [2.75, 3.05) is 6.61 Å². The first-order chi connectivity index (χ1) is 14.1. The third-order valence-electron chi connectivity index (χ3n) is 4.79. The highest BCUT2D eigenvalue weighted by Gasteiger charge is 2.18. The molecule has 0 spiro atoms. The van der Waals surface area contributed by atoms with Crippen molar-refractivity contribution in [3.8, 4) is 28.5 Å². The summed E-state index contributed by atoms with van der Waals surface area (Å²) in [5.74, 6) is 2.30. The fourth-order valence-corrected chi connectivity index (χ4v) is 3.24. The van der Waals surface area contributed by atoms with Gasteiger partial charge in [-0.2, -0.15) is 0 Å². The molecule has 4 rings (SSSR count). The summed E-state index contributed by atoms with van der Waals surface area (Å²) in [6, 6.07) is 23.1. The Balaban J connectivity index is 1.48. The zero-order chi connectivity index (χ0) is 20.2. The molecule has 29 heavy (non-hydrogen) atoms. The van der Waals surface area contributed by atoms with Gasteiger partial charge in [0.25, 0.3) is 0 Å². The van der Waals surface area contributed by atoms with E-state index in [-0.39, 0.29) is 5.92 Å². The predicted octanol–water partition coefficient (Wildman–Crippen LogP) is 6.00. The number of oxazole rings is 1. The van der Waals surface area contributed by atoms with Crippen LogP contribution in [0.4, 0.5) is 0 Å². The summed E-state index contributed by atoms with van der Waals surface area (Å²) < 4.78 is 11.8. The maximum atomic E-state index is 5.95. The van der Waals surface area contributed by atoms with Crippen LogP contribution in [0.25, 0.3) is 22.7 Å². The number of aryl methyl sites for hydroxylation is 2. The predicted molar refractivity (Wildman–Crippen MR) is 114 cm³/mol. The summed E-state index contributed by atoms with van der Waals surface area (Å²) in [5, 5.41) is 0. The van der Waals surface area contributed by atoms with Gasteiger partial charge in [0, 0.05) is 29.3 Å². The summed E-state index contributed by atoms with van der Waals surface area (Å²) in [5.41, 5.74) is 4.93. The van der Waals surface area contributed by atoms with Gasteiger partial charge in [0.05, 0.1) is 18.0 Å². The van der Waals surface area contributed by atoms with Crippen molar-refractivity contribution in [1.82, 2.24) is 9.97 Å². The lowest BCUT2D eigenvalue weighted by atomic mass is 10.1. The maximum Gasteiger partial charge on any atom is 0.226 e. The number of ether oxygens (including phenoxy) is 1. The van der Waals surface area contributed by atoms with Crippen LogP contribution in [0, 0.1) is 19.9 Å². The van der Waals surface area contributed by atoms with E-state index in [0.29, 0.717) is 12.5 Å². The number of aromatic nitrogens is 2. The normalized spacial score (nSPS) is 12.0. The first kappa shape index (κ1) is 18.9. The van der Waals surface area contributed by atoms with Crippen LogP contribution in [0.5, 0.6) is 5.75 Å². The Labute approximate surface area is 171 Å². The highest BCUT2D eigenvalue weighted by molar-refractivity contribution is 5.64. The summed E-state index contributed by atoms with van der Waals surface area (Å²) in [4.78, 5) is 9.13. The minimum atomic E-state index is 0.106. The van der Waals surface area contributed by atoms with Gasteiger partial charge in [-0.1, -0.05) is 37.3 Å². The largest absolute Gasteiger partial charge is 0.492 e. The number of hydrogen-bond donors (Lipinski definition) is 0. The molecular formula is C25H23N2O2. The van der Waals surface area contributed by atoms with Crippen molar-refractivity contribution in [1.29, 1.82) is 0 Å². The van der Waals surface area contributed by atoms with Crippen LogP contribution in [-0.2, 0) is 0 Å². The number of nitrogens with zero attached hydrogens (tertiary/aromatic N) is 2. The SMILES string of the molecule is Cc1[c]c(OCC(C)c2nc(-c3ccc(-c4ccccn4)cc3)oc2C)ccc1. The van der Waals surface area contributed by atoms with Crippen LogP contribution in [0.3, 0.4) is 0 Å². The molecular weight excluding hydrogens is 360 g/mol. The molecule has 4 heteroatoms. The maximum absolute atomic E-state index is 5.95. The molecule has 1 unspecified atom stereocenters. The van der Waals surface area contributed by atoms with Crippen molar-refractivity contribution in [3.05, 3.63) is 89.9 Å². The average Bonchev–Trinajstić information content (AvgIpc) is 3.14. The van der Waals surface area contributed by atoms with Crippen LogP contribution in [0.15, 0.2) is 71.3 Å². The van der Waals surface area contributed by atoms with E-state index in [1.54, 1.807) is 6.20 Å². The minimum Gasteiger partial charge on any atom is -0.492 e. The van der Waals surface area contributed by atoms with Gasteiger partial charge in [-0.15, -0.1) is 0 Å². The quantitative estimate of drug-likeness (QED) is 0.409. The first-order valence-corrected chi connectivity index (χ1v) is 9.71. The van der Waals surface area contributed by atoms with E-state index in [2.05, 4.69) is 18.0 Å². The summed E-state index contributed by atoms with van der Waals surface area (Å²) in [7, 11) is 0. The smallest absolute Gasteiger partial charge is 0.226 e. The molecule has 0 fully saturated rings. The standard InChI is InChI=1S/C25H23N2O2/c1-17-7-6-8-22(15-17)28-16-18(2)24-19(3)29-25(27-24)21-12-10-20(11-13-21)23-9-4-5-14-26-23/h4-14,18H,16H2,1-3H3. The lowest BCUT2D eigenvalue weighted by molar-refractivity contribution is 0.292. The minimum absolute atomic E-state index is 0.106. The Morgan fingerprint density at radius 2 is 1.76 bits per heavy atom. The van der Waals surface area contributed by atoms with E-state index < -0.39 is 0 Å². The first-order valence-electron chi connectivity index (χ1n) is 9.71. The monoisotopic (exact) mass is 383 g/mol. The Hall–Kier alpha value is -3.40. The molecule has 0 saturated heterocycles. The lowest BCUT2D eigenvalue weighted by Gasteiger charge is -2.11. The van der Waals surface area contributed by atoms with E-state index >= 15 is 0 Å². The van der Waals surface area contributed by atoms with Gasteiger partial charge < -0.3 is 9.15 Å². The lowest BCUT2D eigenvalue weighted by Crippen LogP contribution is -2.08. The van der Waals surface area contributed by atoms with Gasteiger partial charge in [0.15, 0.2) is 0 Å². The zero-order valence-corrected chi connectivity index (χ0v) is 16.8. The molecule has 0 N–H and O–H groups in total. The Morgan fingerprint density at radius 3 is 2.48 bits per heavy atom. The van der Waals surface area contributed by atoms with Gasteiger partial charge in [0.2, 0.25) is 5.89 Å². The molecule has 2 heterocycles. The second-order valence-corrected chi connectivity index (χ2v) is 7.16. The van der Waals surface area contributed by atoms with Crippen molar-refractivity contribution in [3.63, 3.8) is 0 Å².